The van der Waals surface area contributed by atoms with Crippen LogP contribution in [0.4, 0.5) is 5.69 Å². The zero-order chi connectivity index (χ0) is 23.2. The van der Waals surface area contributed by atoms with Gasteiger partial charge in [0.25, 0.3) is 0 Å². The molecule has 1 heterocycles. The first kappa shape index (κ1) is 22.9. The van der Waals surface area contributed by atoms with Crippen LogP contribution in [0.1, 0.15) is 20.8 Å². The smallest absolute Gasteiger partial charge is 0.234 e. The van der Waals surface area contributed by atoms with Crippen molar-refractivity contribution in [3.63, 3.8) is 0 Å². The van der Waals surface area contributed by atoms with E-state index >= 15 is 0 Å². The van der Waals surface area contributed by atoms with E-state index in [2.05, 4.69) is 29.4 Å². The second-order valence-electron chi connectivity index (χ2n) is 8.14. The van der Waals surface area contributed by atoms with Crippen LogP contribution in [0.25, 0.3) is 22.2 Å². The third-order valence-corrected chi connectivity index (χ3v) is 6.09. The second-order valence-corrected chi connectivity index (χ2v) is 9.09. The van der Waals surface area contributed by atoms with Crippen molar-refractivity contribution in [1.29, 1.82) is 0 Å². The van der Waals surface area contributed by atoms with Crippen LogP contribution in [0.2, 0.25) is 0 Å². The van der Waals surface area contributed by atoms with Crippen molar-refractivity contribution in [3.05, 3.63) is 66.7 Å². The number of fused-ring (bicyclic) bond motifs is 1. The maximum atomic E-state index is 12.6. The van der Waals surface area contributed by atoms with Gasteiger partial charge in [0.05, 0.1) is 12.4 Å². The maximum Gasteiger partial charge on any atom is 0.234 e. The van der Waals surface area contributed by atoms with Gasteiger partial charge in [0, 0.05) is 23.2 Å². The number of carbonyl (C=O) groups excluding carboxylic acids is 1. The van der Waals surface area contributed by atoms with Gasteiger partial charge in [-0.05, 0) is 48.6 Å². The number of anilines is 1. The molecule has 7 heteroatoms. The Bertz CT molecular complexity index is 1230. The molecule has 0 saturated heterocycles. The average molecular weight is 461 g/mol. The van der Waals surface area contributed by atoms with Gasteiger partial charge in [-0.1, -0.05) is 62.0 Å². The first-order valence-electron chi connectivity index (χ1n) is 11.1. The number of benzene rings is 3. The summed E-state index contributed by atoms with van der Waals surface area (Å²) in [5.41, 5.74) is 1.78. The van der Waals surface area contributed by atoms with Crippen LogP contribution < -0.4 is 10.1 Å². The van der Waals surface area contributed by atoms with Gasteiger partial charge in [-0.25, -0.2) is 0 Å². The molecular formula is C26H28N4O2S. The van der Waals surface area contributed by atoms with E-state index in [1.807, 2.05) is 78.2 Å². The molecule has 0 aliphatic heterocycles. The lowest BCUT2D eigenvalue weighted by atomic mass is 10.1. The molecule has 0 fully saturated rings. The predicted octanol–water partition coefficient (Wildman–Crippen LogP) is 5.88. The molecule has 4 rings (SSSR count). The number of nitrogens with zero attached hydrogens (tertiary/aromatic N) is 3. The molecule has 1 aromatic heterocycles. The highest BCUT2D eigenvalue weighted by atomic mass is 32.2. The average Bonchev–Trinajstić information content (AvgIpc) is 3.25. The molecule has 1 N–H and O–H groups in total. The monoisotopic (exact) mass is 460 g/mol. The number of hydrogen-bond donors (Lipinski definition) is 1. The van der Waals surface area contributed by atoms with Crippen LogP contribution >= 0.6 is 11.8 Å². The number of ether oxygens (including phenoxy) is 1. The summed E-state index contributed by atoms with van der Waals surface area (Å²) in [6.45, 7) is 7.69. The number of rotatable bonds is 9. The van der Waals surface area contributed by atoms with Crippen molar-refractivity contribution in [2.24, 2.45) is 5.92 Å². The summed E-state index contributed by atoms with van der Waals surface area (Å²) in [6, 6.07) is 21.8. The van der Waals surface area contributed by atoms with Crippen LogP contribution in [-0.4, -0.2) is 33.0 Å². The Morgan fingerprint density at radius 2 is 1.79 bits per heavy atom. The lowest BCUT2D eigenvalue weighted by Crippen LogP contribution is -2.15. The Labute approximate surface area is 198 Å². The Morgan fingerprint density at radius 1 is 1.03 bits per heavy atom. The number of amides is 1. The topological polar surface area (TPSA) is 69.0 Å². The highest BCUT2D eigenvalue weighted by Crippen LogP contribution is 2.27. The van der Waals surface area contributed by atoms with Crippen LogP contribution in [0.5, 0.6) is 5.75 Å². The molecule has 0 saturated carbocycles. The van der Waals surface area contributed by atoms with Crippen molar-refractivity contribution in [3.8, 4) is 17.1 Å². The number of nitrogens with one attached hydrogen (secondary N) is 1. The molecule has 170 valence electrons. The van der Waals surface area contributed by atoms with Gasteiger partial charge in [-0.3, -0.25) is 4.79 Å². The number of aromatic nitrogens is 3. The minimum absolute atomic E-state index is 0.0739. The zero-order valence-electron chi connectivity index (χ0n) is 19.1. The van der Waals surface area contributed by atoms with Gasteiger partial charge in [0.2, 0.25) is 5.91 Å². The Hall–Kier alpha value is -3.32. The fraction of sp³-hybridized carbons (Fsp3) is 0.269. The molecule has 6 nitrogen and oxygen atoms in total. The minimum Gasteiger partial charge on any atom is -0.493 e. The lowest BCUT2D eigenvalue weighted by molar-refractivity contribution is -0.113. The number of hydrogen-bond acceptors (Lipinski definition) is 5. The van der Waals surface area contributed by atoms with E-state index in [1.165, 1.54) is 11.8 Å². The van der Waals surface area contributed by atoms with Crippen LogP contribution in [-0.2, 0) is 11.3 Å². The summed E-state index contributed by atoms with van der Waals surface area (Å²) in [5.74, 6) is 2.28. The summed E-state index contributed by atoms with van der Waals surface area (Å²) in [6.07, 6.45) is 0. The number of carbonyl (C=O) groups is 1. The van der Waals surface area contributed by atoms with Crippen molar-refractivity contribution < 1.29 is 9.53 Å². The van der Waals surface area contributed by atoms with E-state index in [0.29, 0.717) is 19.1 Å². The number of thioether (sulfide) groups is 1. The molecule has 0 radical (unpaired) electrons. The molecule has 1 amide bonds. The molecule has 3 aromatic carbocycles. The Balaban J connectivity index is 1.42. The molecule has 0 unspecified atom stereocenters. The first-order chi connectivity index (χ1) is 16.0. The van der Waals surface area contributed by atoms with E-state index in [4.69, 9.17) is 4.74 Å². The quantitative estimate of drug-likeness (QED) is 0.316. The maximum absolute atomic E-state index is 12.6. The standard InChI is InChI=1S/C26H28N4O2S/c1-4-30-25(20-12-14-21(15-13-20)32-16-18(2)3)28-29-26(30)33-17-24(31)27-23-11-7-9-19-8-5-6-10-22(19)23/h5-15,18H,4,16-17H2,1-3H3,(H,27,31). The fourth-order valence-electron chi connectivity index (χ4n) is 3.51. The summed E-state index contributed by atoms with van der Waals surface area (Å²) in [5, 5.41) is 14.6. The molecule has 0 atom stereocenters. The van der Waals surface area contributed by atoms with Crippen molar-refractivity contribution in [2.45, 2.75) is 32.5 Å². The van der Waals surface area contributed by atoms with Gasteiger partial charge >= 0.3 is 0 Å². The minimum atomic E-state index is -0.0739. The van der Waals surface area contributed by atoms with Gasteiger partial charge < -0.3 is 14.6 Å². The van der Waals surface area contributed by atoms with E-state index < -0.39 is 0 Å². The van der Waals surface area contributed by atoms with E-state index in [0.717, 1.165) is 38.8 Å². The summed E-state index contributed by atoms with van der Waals surface area (Å²) < 4.78 is 7.80. The highest BCUT2D eigenvalue weighted by Gasteiger charge is 2.15. The largest absolute Gasteiger partial charge is 0.493 e. The second kappa shape index (κ2) is 10.5. The van der Waals surface area contributed by atoms with Crippen molar-refractivity contribution in [2.75, 3.05) is 17.7 Å². The lowest BCUT2D eigenvalue weighted by Gasteiger charge is -2.10. The Morgan fingerprint density at radius 3 is 2.55 bits per heavy atom. The molecule has 0 aliphatic carbocycles. The third-order valence-electron chi connectivity index (χ3n) is 5.13. The van der Waals surface area contributed by atoms with Gasteiger partial charge in [0.1, 0.15) is 5.75 Å². The van der Waals surface area contributed by atoms with Crippen molar-refractivity contribution in [1.82, 2.24) is 14.8 Å². The van der Waals surface area contributed by atoms with Crippen LogP contribution in [0.3, 0.4) is 0 Å². The SMILES string of the molecule is CCn1c(SCC(=O)Nc2cccc3ccccc23)nnc1-c1ccc(OCC(C)C)cc1. The summed E-state index contributed by atoms with van der Waals surface area (Å²) >= 11 is 1.39. The first-order valence-corrected chi connectivity index (χ1v) is 12.1. The molecule has 0 spiro atoms. The van der Waals surface area contributed by atoms with Gasteiger partial charge in [-0.15, -0.1) is 10.2 Å². The predicted molar refractivity (Wildman–Crippen MR) is 135 cm³/mol. The summed E-state index contributed by atoms with van der Waals surface area (Å²) in [7, 11) is 0. The molecule has 0 bridgehead atoms. The molecule has 33 heavy (non-hydrogen) atoms. The molecular weight excluding hydrogens is 432 g/mol. The third kappa shape index (κ3) is 5.54. The van der Waals surface area contributed by atoms with Crippen LogP contribution in [0, 0.1) is 5.92 Å². The van der Waals surface area contributed by atoms with Crippen LogP contribution in [0.15, 0.2) is 71.9 Å². The van der Waals surface area contributed by atoms with E-state index in [1.54, 1.807) is 0 Å². The Kier molecular flexibility index (Phi) is 7.29. The molecule has 0 aliphatic rings. The normalized spacial score (nSPS) is 11.2. The van der Waals surface area contributed by atoms with E-state index in [-0.39, 0.29) is 11.7 Å². The zero-order valence-corrected chi connectivity index (χ0v) is 19.9. The highest BCUT2D eigenvalue weighted by molar-refractivity contribution is 7.99. The van der Waals surface area contributed by atoms with Gasteiger partial charge in [-0.2, -0.15) is 0 Å². The fourth-order valence-corrected chi connectivity index (χ4v) is 4.31. The van der Waals surface area contributed by atoms with Gasteiger partial charge in [0.15, 0.2) is 11.0 Å². The summed E-state index contributed by atoms with van der Waals surface area (Å²) in [4.78, 5) is 12.6. The van der Waals surface area contributed by atoms with Crippen molar-refractivity contribution >= 4 is 34.1 Å². The molecule has 4 aromatic rings. The van der Waals surface area contributed by atoms with E-state index in [9.17, 15) is 4.79 Å².